The molecular weight excluding hydrogens is 386 g/mol. The smallest absolute Gasteiger partial charge is 0.289 e. The van der Waals surface area contributed by atoms with E-state index in [2.05, 4.69) is 0 Å². The monoisotopic (exact) mass is 413 g/mol. The van der Waals surface area contributed by atoms with Gasteiger partial charge in [0.1, 0.15) is 0 Å². The van der Waals surface area contributed by atoms with Gasteiger partial charge in [-0.15, -0.1) is 0 Å². The normalized spacial score (nSPS) is 26.9. The van der Waals surface area contributed by atoms with Gasteiger partial charge in [0, 0.05) is 19.7 Å². The van der Waals surface area contributed by atoms with E-state index in [1.807, 2.05) is 20.8 Å². The molecule has 2 aliphatic heterocycles. The van der Waals surface area contributed by atoms with Crippen LogP contribution in [0.4, 0.5) is 5.69 Å². The SMILES string of the molecule is CN1OC2CCN(S(=O)(=O)c3ccccc3[N+](=O)[O-])C(COC(C)(C)C)C1C2. The summed E-state index contributed by atoms with van der Waals surface area (Å²) in [5, 5.41) is 13.1. The third-order valence-corrected chi connectivity index (χ3v) is 7.08. The molecule has 3 rings (SSSR count). The summed E-state index contributed by atoms with van der Waals surface area (Å²) >= 11 is 0. The number of hydrogen-bond donors (Lipinski definition) is 0. The molecule has 0 radical (unpaired) electrons. The third kappa shape index (κ3) is 4.20. The van der Waals surface area contributed by atoms with E-state index < -0.39 is 32.3 Å². The summed E-state index contributed by atoms with van der Waals surface area (Å²) in [7, 11) is -2.31. The summed E-state index contributed by atoms with van der Waals surface area (Å²) in [6.07, 6.45) is 1.14. The average Bonchev–Trinajstić information content (AvgIpc) is 2.85. The molecule has 2 saturated heterocycles. The van der Waals surface area contributed by atoms with E-state index >= 15 is 0 Å². The van der Waals surface area contributed by atoms with Crippen LogP contribution >= 0.6 is 0 Å². The Hall–Kier alpha value is -1.59. The van der Waals surface area contributed by atoms with Gasteiger partial charge >= 0.3 is 0 Å². The molecule has 156 valence electrons. The number of nitro benzene ring substituents is 1. The van der Waals surface area contributed by atoms with E-state index in [4.69, 9.17) is 9.57 Å². The molecule has 0 amide bonds. The van der Waals surface area contributed by atoms with Gasteiger partial charge in [-0.2, -0.15) is 9.37 Å². The fourth-order valence-electron chi connectivity index (χ4n) is 3.75. The predicted molar refractivity (Wildman–Crippen MR) is 102 cm³/mol. The second-order valence-corrected chi connectivity index (χ2v) is 10.1. The van der Waals surface area contributed by atoms with E-state index in [9.17, 15) is 18.5 Å². The first kappa shape index (κ1) is 21.1. The number of nitro groups is 1. The van der Waals surface area contributed by atoms with Crippen LogP contribution < -0.4 is 0 Å². The Morgan fingerprint density at radius 1 is 1.32 bits per heavy atom. The minimum Gasteiger partial charge on any atom is -0.374 e. The second kappa shape index (κ2) is 7.68. The highest BCUT2D eigenvalue weighted by atomic mass is 32.2. The highest BCUT2D eigenvalue weighted by molar-refractivity contribution is 7.89. The molecule has 9 nitrogen and oxygen atoms in total. The first-order chi connectivity index (χ1) is 13.0. The van der Waals surface area contributed by atoms with E-state index in [0.717, 1.165) is 0 Å². The molecule has 0 spiro atoms. The Kier molecular flexibility index (Phi) is 5.79. The van der Waals surface area contributed by atoms with Crippen molar-refractivity contribution in [2.24, 2.45) is 0 Å². The Bertz CT molecular complexity index is 838. The van der Waals surface area contributed by atoms with Crippen LogP contribution in [-0.4, -0.2) is 66.7 Å². The van der Waals surface area contributed by atoms with Crippen molar-refractivity contribution in [2.75, 3.05) is 20.2 Å². The number of para-hydroxylation sites is 1. The predicted octanol–water partition coefficient (Wildman–Crippen LogP) is 2.18. The van der Waals surface area contributed by atoms with Gasteiger partial charge in [-0.05, 0) is 39.7 Å². The quantitative estimate of drug-likeness (QED) is 0.538. The summed E-state index contributed by atoms with van der Waals surface area (Å²) in [6, 6.07) is 4.77. The molecule has 0 N–H and O–H groups in total. The summed E-state index contributed by atoms with van der Waals surface area (Å²) in [5.41, 5.74) is -0.866. The number of fused-ring (bicyclic) bond motifs is 2. The molecule has 10 heteroatoms. The Morgan fingerprint density at radius 2 is 2.00 bits per heavy atom. The molecular formula is C18H27N3O6S. The van der Waals surface area contributed by atoms with Crippen LogP contribution in [0.1, 0.15) is 33.6 Å². The molecule has 28 heavy (non-hydrogen) atoms. The fraction of sp³-hybridized carbons (Fsp3) is 0.667. The van der Waals surface area contributed by atoms with E-state index in [1.165, 1.54) is 28.6 Å². The number of hydrogen-bond acceptors (Lipinski definition) is 7. The number of likely N-dealkylation sites (N-methyl/N-ethyl adjacent to an activating group) is 1. The number of hydroxylamine groups is 2. The zero-order valence-corrected chi connectivity index (χ0v) is 17.4. The maximum absolute atomic E-state index is 13.5. The van der Waals surface area contributed by atoms with Crippen molar-refractivity contribution in [3.8, 4) is 0 Å². The summed E-state index contributed by atoms with van der Waals surface area (Å²) < 4.78 is 34.3. The molecule has 2 aliphatic rings. The average molecular weight is 413 g/mol. The largest absolute Gasteiger partial charge is 0.374 e. The highest BCUT2D eigenvalue weighted by Crippen LogP contribution is 2.36. The molecule has 2 fully saturated rings. The molecule has 1 aromatic carbocycles. The number of benzene rings is 1. The summed E-state index contributed by atoms with van der Waals surface area (Å²) in [5.74, 6) is 0. The first-order valence-corrected chi connectivity index (χ1v) is 10.7. The van der Waals surface area contributed by atoms with Crippen LogP contribution in [-0.2, 0) is 19.6 Å². The number of nitrogens with zero attached hydrogens (tertiary/aromatic N) is 3. The molecule has 1 aromatic rings. The van der Waals surface area contributed by atoms with Gasteiger partial charge in [-0.3, -0.25) is 15.0 Å². The minimum atomic E-state index is -4.09. The van der Waals surface area contributed by atoms with E-state index in [1.54, 1.807) is 12.1 Å². The molecule has 0 aromatic heterocycles. The van der Waals surface area contributed by atoms with Crippen molar-refractivity contribution >= 4 is 15.7 Å². The number of sulfonamides is 1. The first-order valence-electron chi connectivity index (χ1n) is 9.29. The summed E-state index contributed by atoms with van der Waals surface area (Å²) in [6.45, 7) is 6.11. The van der Waals surface area contributed by atoms with Crippen LogP contribution in [0.3, 0.4) is 0 Å². The lowest BCUT2D eigenvalue weighted by Gasteiger charge is -2.37. The van der Waals surface area contributed by atoms with E-state index in [-0.39, 0.29) is 30.2 Å². The van der Waals surface area contributed by atoms with Crippen LogP contribution in [0.5, 0.6) is 0 Å². The van der Waals surface area contributed by atoms with Gasteiger partial charge in [-0.1, -0.05) is 12.1 Å². The maximum atomic E-state index is 13.5. The van der Waals surface area contributed by atoms with Crippen LogP contribution in [0.25, 0.3) is 0 Å². The van der Waals surface area contributed by atoms with Crippen LogP contribution in [0.2, 0.25) is 0 Å². The van der Waals surface area contributed by atoms with Gasteiger partial charge in [0.25, 0.3) is 5.69 Å². The lowest BCUT2D eigenvalue weighted by molar-refractivity contribution is -0.387. The number of ether oxygens (including phenoxy) is 1. The second-order valence-electron chi connectivity index (χ2n) is 8.20. The highest BCUT2D eigenvalue weighted by Gasteiger charge is 2.47. The van der Waals surface area contributed by atoms with Crippen molar-refractivity contribution in [1.29, 1.82) is 0 Å². The maximum Gasteiger partial charge on any atom is 0.289 e. The molecule has 0 saturated carbocycles. The van der Waals surface area contributed by atoms with Crippen LogP contribution in [0, 0.1) is 10.1 Å². The van der Waals surface area contributed by atoms with Gasteiger partial charge in [-0.25, -0.2) is 8.42 Å². The third-order valence-electron chi connectivity index (χ3n) is 5.11. The van der Waals surface area contributed by atoms with Crippen molar-refractivity contribution in [3.05, 3.63) is 34.4 Å². The lowest BCUT2D eigenvalue weighted by atomic mass is 10.0. The molecule has 2 bridgehead atoms. The van der Waals surface area contributed by atoms with Crippen molar-refractivity contribution < 1.29 is 22.9 Å². The zero-order chi connectivity index (χ0) is 20.7. The van der Waals surface area contributed by atoms with Crippen molar-refractivity contribution in [2.45, 2.75) is 62.3 Å². The van der Waals surface area contributed by atoms with Gasteiger partial charge in [0.2, 0.25) is 10.0 Å². The Balaban J connectivity index is 2.02. The van der Waals surface area contributed by atoms with Gasteiger partial charge < -0.3 is 4.74 Å². The zero-order valence-electron chi connectivity index (χ0n) is 16.6. The molecule has 2 heterocycles. The standard InChI is InChI=1S/C18H27N3O6S/c1-18(2,3)26-12-16-15-11-13(27-19(15)4)9-10-20(16)28(24,25)17-8-6-5-7-14(17)21(22)23/h5-8,13,15-16H,9-12H2,1-4H3. The Labute approximate surface area is 165 Å². The molecule has 3 unspecified atom stereocenters. The van der Waals surface area contributed by atoms with Crippen molar-refractivity contribution in [3.63, 3.8) is 0 Å². The lowest BCUT2D eigenvalue weighted by Crippen LogP contribution is -2.53. The summed E-state index contributed by atoms with van der Waals surface area (Å²) in [4.78, 5) is 16.3. The number of rotatable bonds is 5. The Morgan fingerprint density at radius 3 is 2.64 bits per heavy atom. The van der Waals surface area contributed by atoms with Crippen LogP contribution in [0.15, 0.2) is 29.2 Å². The molecule has 3 atom stereocenters. The molecule has 0 aliphatic carbocycles. The van der Waals surface area contributed by atoms with Gasteiger partial charge in [0.15, 0.2) is 4.90 Å². The van der Waals surface area contributed by atoms with Crippen molar-refractivity contribution in [1.82, 2.24) is 9.37 Å². The minimum absolute atomic E-state index is 0.0712. The topological polar surface area (TPSA) is 102 Å². The van der Waals surface area contributed by atoms with Gasteiger partial charge in [0.05, 0.1) is 35.3 Å². The fourth-order valence-corrected chi connectivity index (χ4v) is 5.57. The van der Waals surface area contributed by atoms with E-state index in [0.29, 0.717) is 12.8 Å².